The fourth-order valence-corrected chi connectivity index (χ4v) is 3.45. The molecular weight excluding hydrogens is 386 g/mol. The maximum absolute atomic E-state index is 13.4. The van der Waals surface area contributed by atoms with Crippen molar-refractivity contribution in [2.45, 2.75) is 51.6 Å². The summed E-state index contributed by atoms with van der Waals surface area (Å²) in [6.45, 7) is 3.29. The molecule has 2 aromatic rings. The van der Waals surface area contributed by atoms with Crippen LogP contribution < -0.4 is 0 Å². The molecule has 0 spiro atoms. The lowest BCUT2D eigenvalue weighted by molar-refractivity contribution is -0.127. The number of amides is 1. The Morgan fingerprint density at radius 1 is 1.23 bits per heavy atom. The molecule has 0 aliphatic heterocycles. The van der Waals surface area contributed by atoms with E-state index in [0.717, 1.165) is 37.1 Å². The van der Waals surface area contributed by atoms with E-state index in [4.69, 9.17) is 0 Å². The minimum absolute atomic E-state index is 0.00965. The molecule has 1 heterocycles. The van der Waals surface area contributed by atoms with E-state index >= 15 is 0 Å². The van der Waals surface area contributed by atoms with Crippen LogP contribution in [0.15, 0.2) is 48.1 Å². The van der Waals surface area contributed by atoms with Crippen molar-refractivity contribution in [3.8, 4) is 11.4 Å². The summed E-state index contributed by atoms with van der Waals surface area (Å²) in [6.07, 6.45) is 8.33. The van der Waals surface area contributed by atoms with Gasteiger partial charge in [-0.15, -0.1) is 0 Å². The van der Waals surface area contributed by atoms with Crippen molar-refractivity contribution in [1.82, 2.24) is 20.1 Å². The number of halogens is 2. The number of carbonyl (C=O) groups is 1. The summed E-state index contributed by atoms with van der Waals surface area (Å²) >= 11 is 0. The Morgan fingerprint density at radius 2 is 2.03 bits per heavy atom. The first-order valence-corrected chi connectivity index (χ1v) is 10.5. The maximum Gasteiger partial charge on any atom is 0.249 e. The highest BCUT2D eigenvalue weighted by Gasteiger charge is 2.17. The third-order valence-electron chi connectivity index (χ3n) is 5.19. The average molecular weight is 415 g/mol. The van der Waals surface area contributed by atoms with Crippen LogP contribution in [0.25, 0.3) is 11.4 Å². The van der Waals surface area contributed by atoms with Gasteiger partial charge in [0.2, 0.25) is 5.91 Å². The zero-order chi connectivity index (χ0) is 21.3. The smallest absolute Gasteiger partial charge is 0.249 e. The van der Waals surface area contributed by atoms with Gasteiger partial charge < -0.3 is 4.90 Å². The second-order valence-corrected chi connectivity index (χ2v) is 7.42. The number of benzene rings is 1. The van der Waals surface area contributed by atoms with Crippen molar-refractivity contribution in [1.29, 1.82) is 0 Å². The molecule has 5 nitrogen and oxygen atoms in total. The Labute approximate surface area is 175 Å². The minimum Gasteiger partial charge on any atom is -0.339 e. The molecule has 0 radical (unpaired) electrons. The summed E-state index contributed by atoms with van der Waals surface area (Å²) in [4.78, 5) is 19.0. The number of allylic oxidation sites excluding steroid dienone is 3. The number of aromatic amines is 1. The Bertz CT molecular complexity index is 889. The third-order valence-corrected chi connectivity index (χ3v) is 5.19. The number of nitrogens with one attached hydrogen (secondary N) is 1. The first kappa shape index (κ1) is 21.9. The number of aromatic nitrogens is 3. The van der Waals surface area contributed by atoms with Crippen molar-refractivity contribution in [2.75, 3.05) is 13.1 Å². The van der Waals surface area contributed by atoms with Crippen molar-refractivity contribution < 1.29 is 13.6 Å². The Kier molecular flexibility index (Phi) is 7.88. The largest absolute Gasteiger partial charge is 0.339 e. The van der Waals surface area contributed by atoms with Crippen molar-refractivity contribution in [2.24, 2.45) is 0 Å². The highest BCUT2D eigenvalue weighted by molar-refractivity contribution is 5.93. The van der Waals surface area contributed by atoms with Gasteiger partial charge in [0.25, 0.3) is 0 Å². The van der Waals surface area contributed by atoms with Gasteiger partial charge in [0.15, 0.2) is 5.82 Å². The molecule has 1 aromatic carbocycles. The van der Waals surface area contributed by atoms with E-state index in [2.05, 4.69) is 15.2 Å². The summed E-state index contributed by atoms with van der Waals surface area (Å²) in [5.41, 5.74) is 1.46. The molecule has 1 amide bonds. The number of H-pyrrole nitrogens is 1. The van der Waals surface area contributed by atoms with Crippen molar-refractivity contribution in [3.63, 3.8) is 0 Å². The Hall–Kier alpha value is -2.83. The molecule has 1 atom stereocenters. The second kappa shape index (κ2) is 10.8. The highest BCUT2D eigenvalue weighted by atomic mass is 19.1. The quantitative estimate of drug-likeness (QED) is 0.474. The van der Waals surface area contributed by atoms with Crippen LogP contribution in [0.1, 0.15) is 44.9 Å². The van der Waals surface area contributed by atoms with Crippen LogP contribution in [0.5, 0.6) is 0 Å². The lowest BCUT2D eigenvalue weighted by Gasteiger charge is -2.22. The van der Waals surface area contributed by atoms with Gasteiger partial charge in [0, 0.05) is 37.1 Å². The number of carbonyl (C=O) groups excluding carboxylic acids is 1. The number of rotatable bonds is 9. The number of hydrogen-bond donors (Lipinski definition) is 1. The zero-order valence-corrected chi connectivity index (χ0v) is 17.3. The van der Waals surface area contributed by atoms with Crippen LogP contribution >= 0.6 is 0 Å². The summed E-state index contributed by atoms with van der Waals surface area (Å²) in [5, 5.41) is 7.13. The molecule has 0 saturated carbocycles. The number of aryl methyl sites for hydroxylation is 1. The van der Waals surface area contributed by atoms with E-state index in [1.165, 1.54) is 18.2 Å². The zero-order valence-electron chi connectivity index (χ0n) is 17.3. The van der Waals surface area contributed by atoms with E-state index in [0.29, 0.717) is 30.9 Å². The van der Waals surface area contributed by atoms with E-state index < -0.39 is 6.17 Å². The molecule has 7 heteroatoms. The number of likely N-dealkylation sites (N-methyl/N-ethyl adjacent to an activating group) is 1. The van der Waals surface area contributed by atoms with Gasteiger partial charge in [0.1, 0.15) is 17.8 Å². The standard InChI is InChI=1S/C23H28F2N4O/c1-2-29(23(30)18-7-6-8-19(24)15-12-18)16-5-3-4-9-21-26-22(28-27-21)17-10-13-20(25)14-11-17/h6,8,10-14,19H,2-5,7,9,15-16H2,1H3,(H,26,27,28). The average Bonchev–Trinajstić information content (AvgIpc) is 3.11. The first-order valence-electron chi connectivity index (χ1n) is 10.5. The van der Waals surface area contributed by atoms with Crippen LogP contribution in [0, 0.1) is 5.82 Å². The molecule has 1 aliphatic rings. The maximum atomic E-state index is 13.4. The van der Waals surface area contributed by atoms with E-state index in [-0.39, 0.29) is 18.1 Å². The van der Waals surface area contributed by atoms with Crippen LogP contribution in [-0.4, -0.2) is 45.2 Å². The van der Waals surface area contributed by atoms with Gasteiger partial charge in [-0.2, -0.15) is 5.10 Å². The minimum atomic E-state index is -0.995. The number of nitrogens with zero attached hydrogens (tertiary/aromatic N) is 3. The highest BCUT2D eigenvalue weighted by Crippen LogP contribution is 2.18. The Morgan fingerprint density at radius 3 is 2.80 bits per heavy atom. The SMILES string of the molecule is CCN(CCCCCc1nc(-c2ccc(F)cc2)n[nH]1)C(=O)C1=CCC(F)C=CC1. The van der Waals surface area contributed by atoms with Gasteiger partial charge in [-0.25, -0.2) is 13.8 Å². The lowest BCUT2D eigenvalue weighted by Crippen LogP contribution is -2.32. The molecule has 3 rings (SSSR count). The number of alkyl halides is 1. The normalized spacial score (nSPS) is 16.2. The summed E-state index contributed by atoms with van der Waals surface area (Å²) in [6, 6.07) is 6.10. The monoisotopic (exact) mass is 414 g/mol. The molecule has 30 heavy (non-hydrogen) atoms. The van der Waals surface area contributed by atoms with Crippen LogP contribution in [0.4, 0.5) is 8.78 Å². The molecule has 1 aliphatic carbocycles. The predicted octanol–water partition coefficient (Wildman–Crippen LogP) is 4.79. The van der Waals surface area contributed by atoms with Crippen LogP contribution in [-0.2, 0) is 11.2 Å². The van der Waals surface area contributed by atoms with E-state index in [1.54, 1.807) is 24.3 Å². The third kappa shape index (κ3) is 6.08. The summed E-state index contributed by atoms with van der Waals surface area (Å²) < 4.78 is 26.4. The molecule has 0 fully saturated rings. The molecule has 0 saturated heterocycles. The van der Waals surface area contributed by atoms with Crippen molar-refractivity contribution in [3.05, 3.63) is 59.7 Å². The van der Waals surface area contributed by atoms with Crippen LogP contribution in [0.2, 0.25) is 0 Å². The van der Waals surface area contributed by atoms with Gasteiger partial charge in [-0.05, 0) is 50.5 Å². The summed E-state index contributed by atoms with van der Waals surface area (Å²) in [7, 11) is 0. The lowest BCUT2D eigenvalue weighted by atomic mass is 10.1. The topological polar surface area (TPSA) is 61.9 Å². The van der Waals surface area contributed by atoms with Gasteiger partial charge in [-0.1, -0.05) is 24.6 Å². The van der Waals surface area contributed by atoms with E-state index in [9.17, 15) is 13.6 Å². The first-order chi connectivity index (χ1) is 14.6. The second-order valence-electron chi connectivity index (χ2n) is 7.42. The van der Waals surface area contributed by atoms with E-state index in [1.807, 2.05) is 11.8 Å². The van der Waals surface area contributed by atoms with Gasteiger partial charge >= 0.3 is 0 Å². The molecule has 1 N–H and O–H groups in total. The molecule has 0 bridgehead atoms. The number of hydrogen-bond acceptors (Lipinski definition) is 3. The predicted molar refractivity (Wildman–Crippen MR) is 113 cm³/mol. The van der Waals surface area contributed by atoms with Crippen molar-refractivity contribution >= 4 is 5.91 Å². The van der Waals surface area contributed by atoms with Gasteiger partial charge in [0.05, 0.1) is 0 Å². The fraction of sp³-hybridized carbons (Fsp3) is 0.435. The van der Waals surface area contributed by atoms with Gasteiger partial charge in [-0.3, -0.25) is 9.89 Å². The summed E-state index contributed by atoms with van der Waals surface area (Å²) in [5.74, 6) is 1.09. The number of unbranched alkanes of at least 4 members (excludes halogenated alkanes) is 2. The molecule has 1 aromatic heterocycles. The molecule has 160 valence electrons. The fourth-order valence-electron chi connectivity index (χ4n) is 3.45. The molecule has 1 unspecified atom stereocenters. The molecular formula is C23H28F2N4O. The Balaban J connectivity index is 1.41. The van der Waals surface area contributed by atoms with Crippen LogP contribution in [0.3, 0.4) is 0 Å².